The lowest BCUT2D eigenvalue weighted by Crippen LogP contribution is -2.07. The third-order valence-electron chi connectivity index (χ3n) is 1.80. The van der Waals surface area contributed by atoms with E-state index in [4.69, 9.17) is 10.5 Å². The van der Waals surface area contributed by atoms with Gasteiger partial charge < -0.3 is 10.5 Å². The summed E-state index contributed by atoms with van der Waals surface area (Å²) < 4.78 is 18.0. The van der Waals surface area contributed by atoms with Crippen molar-refractivity contribution in [2.75, 3.05) is 13.2 Å². The third kappa shape index (κ3) is 3.07. The molecule has 1 aromatic carbocycles. The Morgan fingerprint density at radius 2 is 2.31 bits per heavy atom. The van der Waals surface area contributed by atoms with Crippen LogP contribution in [-0.2, 0) is 4.74 Å². The number of carbonyl (C=O) groups excluding carboxylic acids is 1. The number of hydrogen-bond donors (Lipinski definition) is 1. The van der Waals surface area contributed by atoms with Crippen molar-refractivity contribution in [1.29, 1.82) is 0 Å². The summed E-state index contributed by atoms with van der Waals surface area (Å²) in [5.41, 5.74) is 5.64. The lowest BCUT2D eigenvalue weighted by Gasteiger charge is -2.03. The van der Waals surface area contributed by atoms with E-state index in [0.29, 0.717) is 5.56 Å². The smallest absolute Gasteiger partial charge is 0.341 e. The second-order valence-corrected chi connectivity index (χ2v) is 2.92. The zero-order valence-electron chi connectivity index (χ0n) is 8.92. The SMILES string of the molecule is CCOC(=O)c1cc(C#CCN)ccc1F. The molecule has 0 amide bonds. The van der Waals surface area contributed by atoms with Crippen LogP contribution in [0.3, 0.4) is 0 Å². The Balaban J connectivity index is 3.03. The predicted octanol–water partition coefficient (Wildman–Crippen LogP) is 1.31. The van der Waals surface area contributed by atoms with Crippen LogP contribution in [0.4, 0.5) is 4.39 Å². The van der Waals surface area contributed by atoms with Crippen LogP contribution in [0.1, 0.15) is 22.8 Å². The van der Waals surface area contributed by atoms with Gasteiger partial charge >= 0.3 is 5.97 Å². The molecule has 4 heteroatoms. The maximum absolute atomic E-state index is 13.3. The number of nitrogens with two attached hydrogens (primary N) is 1. The van der Waals surface area contributed by atoms with Crippen molar-refractivity contribution in [2.24, 2.45) is 5.73 Å². The average molecular weight is 221 g/mol. The number of esters is 1. The van der Waals surface area contributed by atoms with E-state index in [1.807, 2.05) is 0 Å². The molecule has 0 aliphatic carbocycles. The van der Waals surface area contributed by atoms with Gasteiger partial charge in [0.25, 0.3) is 0 Å². The summed E-state index contributed by atoms with van der Waals surface area (Å²) in [6.45, 7) is 2.08. The third-order valence-corrected chi connectivity index (χ3v) is 1.80. The van der Waals surface area contributed by atoms with Gasteiger partial charge in [0.05, 0.1) is 18.7 Å². The quantitative estimate of drug-likeness (QED) is 0.605. The normalized spacial score (nSPS) is 9.19. The first kappa shape index (κ1) is 12.2. The summed E-state index contributed by atoms with van der Waals surface area (Å²) >= 11 is 0. The van der Waals surface area contributed by atoms with Gasteiger partial charge in [0.2, 0.25) is 0 Å². The Hall–Kier alpha value is -1.86. The minimum atomic E-state index is -0.684. The van der Waals surface area contributed by atoms with Crippen LogP contribution in [0, 0.1) is 17.7 Å². The monoisotopic (exact) mass is 221 g/mol. The summed E-state index contributed by atoms with van der Waals surface area (Å²) in [5.74, 6) is 4.05. The van der Waals surface area contributed by atoms with E-state index in [-0.39, 0.29) is 18.7 Å². The van der Waals surface area contributed by atoms with Gasteiger partial charge in [0, 0.05) is 5.56 Å². The fraction of sp³-hybridized carbons (Fsp3) is 0.250. The van der Waals surface area contributed by atoms with Gasteiger partial charge in [-0.05, 0) is 25.1 Å². The van der Waals surface area contributed by atoms with Gasteiger partial charge in [-0.15, -0.1) is 0 Å². The highest BCUT2D eigenvalue weighted by molar-refractivity contribution is 5.90. The molecule has 0 aromatic heterocycles. The fourth-order valence-electron chi connectivity index (χ4n) is 1.12. The minimum absolute atomic E-state index is 0.106. The standard InChI is InChI=1S/C12H12FNO2/c1-2-16-12(15)10-8-9(4-3-7-14)5-6-11(10)13/h5-6,8H,2,7,14H2,1H3. The lowest BCUT2D eigenvalue weighted by atomic mass is 10.1. The first-order valence-electron chi connectivity index (χ1n) is 4.84. The summed E-state index contributed by atoms with van der Waals surface area (Å²) in [7, 11) is 0. The van der Waals surface area contributed by atoms with Gasteiger partial charge in [0.15, 0.2) is 0 Å². The molecule has 3 nitrogen and oxygen atoms in total. The molecule has 0 fully saturated rings. The summed E-state index contributed by atoms with van der Waals surface area (Å²) in [6, 6.07) is 4.03. The predicted molar refractivity (Wildman–Crippen MR) is 58.3 cm³/mol. The second-order valence-electron chi connectivity index (χ2n) is 2.92. The molecular weight excluding hydrogens is 209 g/mol. The molecule has 1 aromatic rings. The van der Waals surface area contributed by atoms with Crippen LogP contribution in [0.5, 0.6) is 0 Å². The molecule has 0 saturated heterocycles. The number of carbonyl (C=O) groups is 1. The van der Waals surface area contributed by atoms with Crippen molar-refractivity contribution < 1.29 is 13.9 Å². The molecule has 0 bridgehead atoms. The molecule has 1 rings (SSSR count). The van der Waals surface area contributed by atoms with E-state index >= 15 is 0 Å². The maximum atomic E-state index is 13.3. The number of rotatable bonds is 2. The molecular formula is C12H12FNO2. The van der Waals surface area contributed by atoms with Gasteiger partial charge in [-0.2, -0.15) is 0 Å². The minimum Gasteiger partial charge on any atom is -0.462 e. The molecule has 84 valence electrons. The molecule has 0 radical (unpaired) electrons. The molecule has 0 unspecified atom stereocenters. The number of benzene rings is 1. The highest BCUT2D eigenvalue weighted by atomic mass is 19.1. The van der Waals surface area contributed by atoms with E-state index in [1.54, 1.807) is 6.92 Å². The van der Waals surface area contributed by atoms with Crippen molar-refractivity contribution >= 4 is 5.97 Å². The molecule has 0 aliphatic rings. The van der Waals surface area contributed by atoms with E-state index in [1.165, 1.54) is 18.2 Å². The number of ether oxygens (including phenoxy) is 1. The molecule has 0 atom stereocenters. The van der Waals surface area contributed by atoms with E-state index in [2.05, 4.69) is 11.8 Å². The first-order chi connectivity index (χ1) is 7.69. The summed E-state index contributed by atoms with van der Waals surface area (Å²) in [5, 5.41) is 0. The van der Waals surface area contributed by atoms with Crippen LogP contribution in [-0.4, -0.2) is 19.1 Å². The van der Waals surface area contributed by atoms with E-state index in [9.17, 15) is 9.18 Å². The number of halogens is 1. The van der Waals surface area contributed by atoms with Crippen molar-refractivity contribution in [3.8, 4) is 11.8 Å². The largest absolute Gasteiger partial charge is 0.462 e. The van der Waals surface area contributed by atoms with Gasteiger partial charge in [0.1, 0.15) is 5.82 Å². The maximum Gasteiger partial charge on any atom is 0.341 e. The van der Waals surface area contributed by atoms with Gasteiger partial charge in [-0.25, -0.2) is 9.18 Å². The zero-order valence-corrected chi connectivity index (χ0v) is 8.92. The summed E-state index contributed by atoms with van der Waals surface area (Å²) in [4.78, 5) is 11.4. The first-order valence-corrected chi connectivity index (χ1v) is 4.84. The van der Waals surface area contributed by atoms with Crippen molar-refractivity contribution in [2.45, 2.75) is 6.92 Å². The van der Waals surface area contributed by atoms with Crippen molar-refractivity contribution in [1.82, 2.24) is 0 Å². The lowest BCUT2D eigenvalue weighted by molar-refractivity contribution is 0.0521. The zero-order chi connectivity index (χ0) is 12.0. The molecule has 16 heavy (non-hydrogen) atoms. The molecule has 2 N–H and O–H groups in total. The Bertz CT molecular complexity index is 446. The number of hydrogen-bond acceptors (Lipinski definition) is 3. The molecule has 0 heterocycles. The van der Waals surface area contributed by atoms with Crippen molar-refractivity contribution in [3.63, 3.8) is 0 Å². The van der Waals surface area contributed by atoms with Crippen LogP contribution in [0.15, 0.2) is 18.2 Å². The van der Waals surface area contributed by atoms with Crippen molar-refractivity contribution in [3.05, 3.63) is 35.1 Å². The topological polar surface area (TPSA) is 52.3 Å². The van der Waals surface area contributed by atoms with Crippen LogP contribution < -0.4 is 5.73 Å². The molecule has 0 spiro atoms. The highest BCUT2D eigenvalue weighted by Gasteiger charge is 2.12. The van der Waals surface area contributed by atoms with Gasteiger partial charge in [-0.3, -0.25) is 0 Å². The molecule has 0 saturated carbocycles. The average Bonchev–Trinajstić information content (AvgIpc) is 2.28. The Morgan fingerprint density at radius 3 is 2.94 bits per heavy atom. The van der Waals surface area contributed by atoms with Crippen LogP contribution in [0.25, 0.3) is 0 Å². The summed E-state index contributed by atoms with van der Waals surface area (Å²) in [6.07, 6.45) is 0. The fourth-order valence-corrected chi connectivity index (χ4v) is 1.12. The van der Waals surface area contributed by atoms with E-state index < -0.39 is 11.8 Å². The van der Waals surface area contributed by atoms with Gasteiger partial charge in [-0.1, -0.05) is 11.8 Å². The van der Waals surface area contributed by atoms with Crippen LogP contribution >= 0.6 is 0 Å². The Morgan fingerprint density at radius 1 is 1.56 bits per heavy atom. The Labute approximate surface area is 93.4 Å². The van der Waals surface area contributed by atoms with Crippen LogP contribution in [0.2, 0.25) is 0 Å². The molecule has 0 aliphatic heterocycles. The van der Waals surface area contributed by atoms with E-state index in [0.717, 1.165) is 0 Å². The second kappa shape index (κ2) is 5.89. The Kier molecular flexibility index (Phi) is 4.49. The highest BCUT2D eigenvalue weighted by Crippen LogP contribution is 2.11.